The molecule has 0 unspecified atom stereocenters. The molecular weight excluding hydrogens is 195 g/mol. The number of Topliss-reactive ketones (excluding diaryl/α,β-unsaturated/α-hetero) is 1. The van der Waals surface area contributed by atoms with Crippen LogP contribution in [-0.4, -0.2) is 19.0 Å². The number of carbonyl (C=O) groups is 1. The minimum atomic E-state index is -0.306. The maximum atomic E-state index is 12.9. The Bertz CT molecular complexity index is 347. The minimum absolute atomic E-state index is 0.0226. The third-order valence-electron chi connectivity index (χ3n) is 2.17. The van der Waals surface area contributed by atoms with Crippen LogP contribution in [-0.2, 0) is 16.0 Å². The number of ketones is 1. The molecule has 1 aromatic carbocycles. The average Bonchev–Trinajstić information content (AvgIpc) is 2.20. The van der Waals surface area contributed by atoms with E-state index in [2.05, 4.69) is 0 Å². The van der Waals surface area contributed by atoms with E-state index < -0.39 is 0 Å². The molecule has 0 atom stereocenters. The van der Waals surface area contributed by atoms with Crippen LogP contribution in [0.3, 0.4) is 0 Å². The molecule has 15 heavy (non-hydrogen) atoms. The van der Waals surface area contributed by atoms with Crippen LogP contribution >= 0.6 is 0 Å². The van der Waals surface area contributed by atoms with Gasteiger partial charge in [0.2, 0.25) is 0 Å². The van der Waals surface area contributed by atoms with E-state index in [9.17, 15) is 9.18 Å². The number of benzene rings is 1. The Balaban J connectivity index is 2.63. The van der Waals surface area contributed by atoms with Crippen molar-refractivity contribution in [3.05, 3.63) is 35.1 Å². The number of carbonyl (C=O) groups excluding carboxylic acids is 1. The van der Waals surface area contributed by atoms with E-state index in [1.807, 2.05) is 13.8 Å². The Labute approximate surface area is 89.1 Å². The summed E-state index contributed by atoms with van der Waals surface area (Å²) in [4.78, 5) is 11.4. The van der Waals surface area contributed by atoms with Crippen LogP contribution in [0.25, 0.3) is 0 Å². The summed E-state index contributed by atoms with van der Waals surface area (Å²) in [5.74, 6) is -0.328. The quantitative estimate of drug-likeness (QED) is 0.745. The molecule has 0 aliphatic carbocycles. The van der Waals surface area contributed by atoms with Gasteiger partial charge in [-0.3, -0.25) is 4.79 Å². The topological polar surface area (TPSA) is 26.3 Å². The second kappa shape index (κ2) is 5.61. The molecule has 0 N–H and O–H groups in total. The molecule has 0 heterocycles. The molecule has 1 rings (SSSR count). The van der Waals surface area contributed by atoms with Crippen LogP contribution in [0.15, 0.2) is 18.2 Å². The second-order valence-corrected chi connectivity index (χ2v) is 3.42. The molecule has 0 spiro atoms. The summed E-state index contributed by atoms with van der Waals surface area (Å²) in [6.45, 7) is 4.32. The Kier molecular flexibility index (Phi) is 4.43. The van der Waals surface area contributed by atoms with Gasteiger partial charge in [-0.1, -0.05) is 6.07 Å². The first kappa shape index (κ1) is 11.9. The summed E-state index contributed by atoms with van der Waals surface area (Å²) in [7, 11) is 0. The highest BCUT2D eigenvalue weighted by Crippen LogP contribution is 2.11. The summed E-state index contributed by atoms with van der Waals surface area (Å²) in [6.07, 6.45) is 0.240. The lowest BCUT2D eigenvalue weighted by Gasteiger charge is -2.05. The monoisotopic (exact) mass is 210 g/mol. The zero-order chi connectivity index (χ0) is 11.3. The third-order valence-corrected chi connectivity index (χ3v) is 2.17. The lowest BCUT2D eigenvalue weighted by molar-refractivity contribution is -0.122. The van der Waals surface area contributed by atoms with Crippen molar-refractivity contribution in [1.82, 2.24) is 0 Å². The van der Waals surface area contributed by atoms with Gasteiger partial charge in [-0.15, -0.1) is 0 Å². The Morgan fingerprint density at radius 1 is 1.47 bits per heavy atom. The predicted octanol–water partition coefficient (Wildman–Crippen LogP) is 2.28. The molecule has 0 aliphatic heterocycles. The van der Waals surface area contributed by atoms with Crippen LogP contribution in [0.2, 0.25) is 0 Å². The standard InChI is InChI=1S/C12H15FO2/c1-3-15-8-12(14)7-10-6-11(13)5-4-9(10)2/h4-6H,3,7-8H2,1-2H3. The molecule has 0 radical (unpaired) electrons. The second-order valence-electron chi connectivity index (χ2n) is 3.42. The molecule has 0 saturated heterocycles. The van der Waals surface area contributed by atoms with E-state index in [0.29, 0.717) is 6.61 Å². The fourth-order valence-electron chi connectivity index (χ4n) is 1.31. The Morgan fingerprint density at radius 3 is 2.87 bits per heavy atom. The summed E-state index contributed by atoms with van der Waals surface area (Å²) < 4.78 is 17.9. The third kappa shape index (κ3) is 3.80. The van der Waals surface area contributed by atoms with Crippen molar-refractivity contribution in [3.63, 3.8) is 0 Å². The zero-order valence-corrected chi connectivity index (χ0v) is 9.05. The van der Waals surface area contributed by atoms with Gasteiger partial charge in [-0.05, 0) is 37.1 Å². The molecule has 0 aromatic heterocycles. The minimum Gasteiger partial charge on any atom is -0.374 e. The van der Waals surface area contributed by atoms with Crippen molar-refractivity contribution in [1.29, 1.82) is 0 Å². The van der Waals surface area contributed by atoms with Gasteiger partial charge in [0.05, 0.1) is 0 Å². The van der Waals surface area contributed by atoms with Crippen LogP contribution < -0.4 is 0 Å². The first-order chi connectivity index (χ1) is 7.13. The average molecular weight is 210 g/mol. The van der Waals surface area contributed by atoms with Crippen LogP contribution in [0, 0.1) is 12.7 Å². The van der Waals surface area contributed by atoms with Crippen molar-refractivity contribution in [2.75, 3.05) is 13.2 Å². The largest absolute Gasteiger partial charge is 0.374 e. The summed E-state index contributed by atoms with van der Waals surface area (Å²) in [5, 5.41) is 0. The SMILES string of the molecule is CCOCC(=O)Cc1cc(F)ccc1C. The normalized spacial score (nSPS) is 10.3. The van der Waals surface area contributed by atoms with Crippen molar-refractivity contribution in [2.45, 2.75) is 20.3 Å². The molecule has 0 saturated carbocycles. The van der Waals surface area contributed by atoms with Crippen molar-refractivity contribution < 1.29 is 13.9 Å². The van der Waals surface area contributed by atoms with Gasteiger partial charge in [-0.25, -0.2) is 4.39 Å². The fourth-order valence-corrected chi connectivity index (χ4v) is 1.31. The van der Waals surface area contributed by atoms with Gasteiger partial charge in [-0.2, -0.15) is 0 Å². The molecule has 0 amide bonds. The van der Waals surface area contributed by atoms with Crippen molar-refractivity contribution in [2.24, 2.45) is 0 Å². The number of hydrogen-bond acceptors (Lipinski definition) is 2. The fraction of sp³-hybridized carbons (Fsp3) is 0.417. The van der Waals surface area contributed by atoms with Crippen molar-refractivity contribution in [3.8, 4) is 0 Å². The molecule has 82 valence electrons. The number of ether oxygens (including phenoxy) is 1. The zero-order valence-electron chi connectivity index (χ0n) is 9.05. The molecule has 0 fully saturated rings. The van der Waals surface area contributed by atoms with Crippen LogP contribution in [0.5, 0.6) is 0 Å². The van der Waals surface area contributed by atoms with Gasteiger partial charge in [0.15, 0.2) is 5.78 Å². The lowest BCUT2D eigenvalue weighted by atomic mass is 10.0. The maximum absolute atomic E-state index is 12.9. The van der Waals surface area contributed by atoms with Gasteiger partial charge in [0.25, 0.3) is 0 Å². The number of hydrogen-bond donors (Lipinski definition) is 0. The smallest absolute Gasteiger partial charge is 0.162 e. The van der Waals surface area contributed by atoms with E-state index in [-0.39, 0.29) is 24.6 Å². The van der Waals surface area contributed by atoms with E-state index >= 15 is 0 Å². The van der Waals surface area contributed by atoms with Gasteiger partial charge in [0.1, 0.15) is 12.4 Å². The van der Waals surface area contributed by atoms with Crippen molar-refractivity contribution >= 4 is 5.78 Å². The summed E-state index contributed by atoms with van der Waals surface area (Å²) >= 11 is 0. The van der Waals surface area contributed by atoms with E-state index in [1.54, 1.807) is 6.07 Å². The number of rotatable bonds is 5. The molecule has 3 heteroatoms. The van der Waals surface area contributed by atoms with Gasteiger partial charge < -0.3 is 4.74 Å². The van der Waals surface area contributed by atoms with Crippen LogP contribution in [0.4, 0.5) is 4.39 Å². The predicted molar refractivity (Wildman–Crippen MR) is 56.3 cm³/mol. The molecule has 0 aliphatic rings. The maximum Gasteiger partial charge on any atom is 0.162 e. The van der Waals surface area contributed by atoms with Crippen LogP contribution in [0.1, 0.15) is 18.1 Å². The highest BCUT2D eigenvalue weighted by molar-refractivity contribution is 5.82. The highest BCUT2D eigenvalue weighted by atomic mass is 19.1. The van der Waals surface area contributed by atoms with E-state index in [0.717, 1.165) is 11.1 Å². The van der Waals surface area contributed by atoms with E-state index in [4.69, 9.17) is 4.74 Å². The molecule has 1 aromatic rings. The number of aryl methyl sites for hydroxylation is 1. The first-order valence-corrected chi connectivity index (χ1v) is 4.98. The molecule has 0 bridgehead atoms. The molecule has 2 nitrogen and oxygen atoms in total. The lowest BCUT2D eigenvalue weighted by Crippen LogP contribution is -2.12. The highest BCUT2D eigenvalue weighted by Gasteiger charge is 2.07. The summed E-state index contributed by atoms with van der Waals surface area (Å²) in [5.41, 5.74) is 1.67. The van der Waals surface area contributed by atoms with Gasteiger partial charge in [0, 0.05) is 13.0 Å². The Hall–Kier alpha value is -1.22. The Morgan fingerprint density at radius 2 is 2.20 bits per heavy atom. The summed E-state index contributed by atoms with van der Waals surface area (Å²) in [6, 6.07) is 4.48. The number of halogens is 1. The van der Waals surface area contributed by atoms with Gasteiger partial charge >= 0.3 is 0 Å². The first-order valence-electron chi connectivity index (χ1n) is 4.98. The molecular formula is C12H15FO2. The van der Waals surface area contributed by atoms with E-state index in [1.165, 1.54) is 12.1 Å².